The zero-order valence-electron chi connectivity index (χ0n) is 12.5. The summed E-state index contributed by atoms with van der Waals surface area (Å²) in [6.45, 7) is 8.97. The largest absolute Gasteiger partial charge is 0.388 e. The van der Waals surface area contributed by atoms with E-state index in [1.807, 2.05) is 13.0 Å². The smallest absolute Gasteiger partial charge is 0.0807 e. The number of para-hydroxylation sites is 1. The predicted octanol–water partition coefficient (Wildman–Crippen LogP) is 4.15. The van der Waals surface area contributed by atoms with E-state index in [0.29, 0.717) is 5.41 Å². The highest BCUT2D eigenvalue weighted by Crippen LogP contribution is 2.34. The molecule has 0 amide bonds. The van der Waals surface area contributed by atoms with Gasteiger partial charge in [0, 0.05) is 24.3 Å². The van der Waals surface area contributed by atoms with Crippen LogP contribution >= 0.6 is 0 Å². The van der Waals surface area contributed by atoms with E-state index in [4.69, 9.17) is 0 Å². The lowest BCUT2D eigenvalue weighted by molar-refractivity contribution is 0.174. The van der Waals surface area contributed by atoms with Gasteiger partial charge >= 0.3 is 0 Å². The molecule has 0 radical (unpaired) electrons. The molecule has 1 aromatic carbocycles. The molecule has 1 N–H and O–H groups in total. The Kier molecular flexibility index (Phi) is 4.51. The van der Waals surface area contributed by atoms with Gasteiger partial charge in [-0.2, -0.15) is 0 Å². The van der Waals surface area contributed by atoms with Crippen molar-refractivity contribution in [2.75, 3.05) is 18.0 Å². The van der Waals surface area contributed by atoms with Gasteiger partial charge in [0.15, 0.2) is 0 Å². The number of hydrogen-bond acceptors (Lipinski definition) is 2. The van der Waals surface area contributed by atoms with Crippen LogP contribution < -0.4 is 4.90 Å². The topological polar surface area (TPSA) is 23.5 Å². The van der Waals surface area contributed by atoms with Gasteiger partial charge in [-0.15, -0.1) is 0 Å². The second-order valence-corrected chi connectivity index (χ2v) is 6.49. The van der Waals surface area contributed by atoms with Crippen LogP contribution in [-0.4, -0.2) is 18.2 Å². The molecule has 0 spiro atoms. The second-order valence-electron chi connectivity index (χ2n) is 6.49. The highest BCUT2D eigenvalue weighted by Gasteiger charge is 2.24. The maximum atomic E-state index is 10.2. The van der Waals surface area contributed by atoms with Crippen LogP contribution in [0, 0.1) is 5.41 Å². The minimum Gasteiger partial charge on any atom is -0.388 e. The fourth-order valence-electron chi connectivity index (χ4n) is 2.94. The maximum absolute atomic E-state index is 10.2. The van der Waals surface area contributed by atoms with Crippen LogP contribution in [0.15, 0.2) is 24.3 Å². The molecule has 1 fully saturated rings. The summed E-state index contributed by atoms with van der Waals surface area (Å²) in [5.74, 6) is 0. The second kappa shape index (κ2) is 5.96. The lowest BCUT2D eigenvalue weighted by Crippen LogP contribution is -2.26. The Morgan fingerprint density at radius 3 is 2.68 bits per heavy atom. The zero-order valence-corrected chi connectivity index (χ0v) is 12.5. The lowest BCUT2D eigenvalue weighted by atomic mass is 9.85. The quantitative estimate of drug-likeness (QED) is 0.883. The van der Waals surface area contributed by atoms with Crippen LogP contribution in [0.4, 0.5) is 5.69 Å². The molecule has 1 saturated heterocycles. The van der Waals surface area contributed by atoms with Crippen LogP contribution in [0.2, 0.25) is 0 Å². The zero-order chi connectivity index (χ0) is 13.9. The van der Waals surface area contributed by atoms with Crippen molar-refractivity contribution in [3.63, 3.8) is 0 Å². The molecule has 1 aliphatic heterocycles. The third-order valence-electron chi connectivity index (χ3n) is 4.36. The van der Waals surface area contributed by atoms with Gasteiger partial charge in [-0.1, -0.05) is 39.0 Å². The van der Waals surface area contributed by atoms with E-state index in [2.05, 4.69) is 36.9 Å². The molecule has 1 aliphatic rings. The number of aliphatic hydroxyl groups is 1. The molecule has 0 bridgehead atoms. The monoisotopic (exact) mass is 261 g/mol. The van der Waals surface area contributed by atoms with Crippen molar-refractivity contribution in [2.45, 2.75) is 52.6 Å². The number of nitrogens with zero attached hydrogens (tertiary/aromatic N) is 1. The molecular weight excluding hydrogens is 234 g/mol. The first-order chi connectivity index (χ1) is 9.03. The molecule has 1 atom stereocenters. The van der Waals surface area contributed by atoms with Crippen LogP contribution in [0.3, 0.4) is 0 Å². The number of benzene rings is 1. The average molecular weight is 261 g/mol. The first-order valence-corrected chi connectivity index (χ1v) is 7.55. The molecular formula is C17H27NO. The van der Waals surface area contributed by atoms with Crippen molar-refractivity contribution in [1.29, 1.82) is 0 Å². The first kappa shape index (κ1) is 14.4. The molecule has 0 saturated carbocycles. The van der Waals surface area contributed by atoms with Gasteiger partial charge in [0.1, 0.15) is 0 Å². The molecule has 1 unspecified atom stereocenters. The van der Waals surface area contributed by atoms with Gasteiger partial charge in [0.05, 0.1) is 6.10 Å². The highest BCUT2D eigenvalue weighted by atomic mass is 16.3. The molecule has 2 rings (SSSR count). The summed E-state index contributed by atoms with van der Waals surface area (Å²) >= 11 is 0. The van der Waals surface area contributed by atoms with E-state index in [1.165, 1.54) is 24.9 Å². The van der Waals surface area contributed by atoms with E-state index in [1.54, 1.807) is 0 Å². The molecule has 1 heterocycles. The van der Waals surface area contributed by atoms with Gasteiger partial charge in [0.25, 0.3) is 0 Å². The SMILES string of the molecule is CCC(O)c1ccccc1N1CCCC(C)(C)CC1. The highest BCUT2D eigenvalue weighted by molar-refractivity contribution is 5.54. The summed E-state index contributed by atoms with van der Waals surface area (Å²) in [6.07, 6.45) is 4.19. The lowest BCUT2D eigenvalue weighted by Gasteiger charge is -2.28. The Hall–Kier alpha value is -1.02. The first-order valence-electron chi connectivity index (χ1n) is 7.55. The molecule has 19 heavy (non-hydrogen) atoms. The summed E-state index contributed by atoms with van der Waals surface area (Å²) < 4.78 is 0. The fourth-order valence-corrected chi connectivity index (χ4v) is 2.94. The van der Waals surface area contributed by atoms with Crippen LogP contribution in [0.5, 0.6) is 0 Å². The molecule has 2 heteroatoms. The van der Waals surface area contributed by atoms with E-state index in [9.17, 15) is 5.11 Å². The normalized spacial score (nSPS) is 20.9. The molecule has 0 aliphatic carbocycles. The van der Waals surface area contributed by atoms with Crippen molar-refractivity contribution in [1.82, 2.24) is 0 Å². The van der Waals surface area contributed by atoms with Crippen LogP contribution in [-0.2, 0) is 0 Å². The van der Waals surface area contributed by atoms with Gasteiger partial charge in [-0.05, 0) is 37.2 Å². The summed E-state index contributed by atoms with van der Waals surface area (Å²) in [6, 6.07) is 8.34. The van der Waals surface area contributed by atoms with Crippen molar-refractivity contribution in [3.05, 3.63) is 29.8 Å². The van der Waals surface area contributed by atoms with Crippen LogP contribution in [0.1, 0.15) is 58.1 Å². The molecule has 106 valence electrons. The Bertz CT molecular complexity index is 413. The Morgan fingerprint density at radius 2 is 1.95 bits per heavy atom. The van der Waals surface area contributed by atoms with Gasteiger partial charge in [-0.3, -0.25) is 0 Å². The molecule has 0 aromatic heterocycles. The van der Waals surface area contributed by atoms with E-state index < -0.39 is 0 Å². The number of hydrogen-bond donors (Lipinski definition) is 1. The summed E-state index contributed by atoms with van der Waals surface area (Å²) in [5, 5.41) is 10.2. The van der Waals surface area contributed by atoms with Gasteiger partial charge in [-0.25, -0.2) is 0 Å². The minimum atomic E-state index is -0.340. The van der Waals surface area contributed by atoms with Crippen molar-refractivity contribution < 1.29 is 5.11 Å². The van der Waals surface area contributed by atoms with Crippen molar-refractivity contribution in [3.8, 4) is 0 Å². The van der Waals surface area contributed by atoms with Crippen LogP contribution in [0.25, 0.3) is 0 Å². The standard InChI is InChI=1S/C17H27NO/c1-4-16(19)14-8-5-6-9-15(14)18-12-7-10-17(2,3)11-13-18/h5-6,8-9,16,19H,4,7,10-13H2,1-3H3. The maximum Gasteiger partial charge on any atom is 0.0807 e. The van der Waals surface area contributed by atoms with Gasteiger partial charge < -0.3 is 10.0 Å². The average Bonchev–Trinajstić information content (AvgIpc) is 2.59. The third kappa shape index (κ3) is 3.50. The Labute approximate surface area is 117 Å². The molecule has 1 aromatic rings. The Balaban J connectivity index is 2.22. The molecule has 2 nitrogen and oxygen atoms in total. The van der Waals surface area contributed by atoms with Gasteiger partial charge in [0.2, 0.25) is 0 Å². The number of rotatable bonds is 3. The summed E-state index contributed by atoms with van der Waals surface area (Å²) in [7, 11) is 0. The van der Waals surface area contributed by atoms with Crippen molar-refractivity contribution >= 4 is 5.69 Å². The number of aliphatic hydroxyl groups excluding tert-OH is 1. The van der Waals surface area contributed by atoms with E-state index in [0.717, 1.165) is 25.1 Å². The van der Waals surface area contributed by atoms with E-state index in [-0.39, 0.29) is 6.10 Å². The fraction of sp³-hybridized carbons (Fsp3) is 0.647. The summed E-state index contributed by atoms with van der Waals surface area (Å²) in [4.78, 5) is 2.46. The number of anilines is 1. The van der Waals surface area contributed by atoms with Crippen molar-refractivity contribution in [2.24, 2.45) is 5.41 Å². The third-order valence-corrected chi connectivity index (χ3v) is 4.36. The van der Waals surface area contributed by atoms with E-state index >= 15 is 0 Å². The predicted molar refractivity (Wildman–Crippen MR) is 81.5 cm³/mol. The Morgan fingerprint density at radius 1 is 1.21 bits per heavy atom. The minimum absolute atomic E-state index is 0.340. The summed E-state index contributed by atoms with van der Waals surface area (Å²) in [5.41, 5.74) is 2.77.